The molecule has 0 aliphatic rings. The molecule has 0 spiro atoms. The SMILES string of the molecule is COCCS(=O)(=O)CC(=O)c1ccc(Cl)c(Cl)c1. The molecular formula is C11H12Cl2O4S. The smallest absolute Gasteiger partial charge is 0.177 e. The van der Waals surface area contributed by atoms with Crippen LogP contribution in [-0.4, -0.2) is 39.4 Å². The Morgan fingerprint density at radius 3 is 2.50 bits per heavy atom. The molecule has 0 fully saturated rings. The highest BCUT2D eigenvalue weighted by Crippen LogP contribution is 2.22. The predicted octanol–water partition coefficient (Wildman–Crippen LogP) is 2.24. The summed E-state index contributed by atoms with van der Waals surface area (Å²) in [7, 11) is -2.07. The highest BCUT2D eigenvalue weighted by atomic mass is 35.5. The first-order valence-corrected chi connectivity index (χ1v) is 7.61. The Kier molecular flexibility index (Phi) is 5.59. The van der Waals surface area contributed by atoms with Crippen molar-refractivity contribution in [3.05, 3.63) is 33.8 Å². The molecule has 1 aromatic rings. The largest absolute Gasteiger partial charge is 0.384 e. The summed E-state index contributed by atoms with van der Waals surface area (Å²) in [4.78, 5) is 11.8. The second-order valence-electron chi connectivity index (χ2n) is 3.64. The molecule has 0 N–H and O–H groups in total. The second kappa shape index (κ2) is 6.52. The maximum absolute atomic E-state index is 11.8. The van der Waals surface area contributed by atoms with Crippen LogP contribution in [-0.2, 0) is 14.6 Å². The third-order valence-electron chi connectivity index (χ3n) is 2.19. The molecule has 0 saturated carbocycles. The lowest BCUT2D eigenvalue weighted by molar-refractivity contribution is 0.102. The van der Waals surface area contributed by atoms with Gasteiger partial charge in [0, 0.05) is 12.7 Å². The number of methoxy groups -OCH3 is 1. The van der Waals surface area contributed by atoms with Crippen molar-refractivity contribution in [2.24, 2.45) is 0 Å². The average Bonchev–Trinajstić information content (AvgIpc) is 2.29. The van der Waals surface area contributed by atoms with Gasteiger partial charge in [0.25, 0.3) is 0 Å². The van der Waals surface area contributed by atoms with E-state index in [1.165, 1.54) is 25.3 Å². The lowest BCUT2D eigenvalue weighted by atomic mass is 10.1. The molecular weight excluding hydrogens is 299 g/mol. The van der Waals surface area contributed by atoms with E-state index in [-0.39, 0.29) is 22.9 Å². The zero-order chi connectivity index (χ0) is 13.8. The van der Waals surface area contributed by atoms with Crippen LogP contribution >= 0.6 is 23.2 Å². The molecule has 1 rings (SSSR count). The summed E-state index contributed by atoms with van der Waals surface area (Å²) in [6.07, 6.45) is 0. The van der Waals surface area contributed by atoms with Gasteiger partial charge >= 0.3 is 0 Å². The zero-order valence-corrected chi connectivity index (χ0v) is 12.0. The van der Waals surface area contributed by atoms with Crippen LogP contribution < -0.4 is 0 Å². The van der Waals surface area contributed by atoms with E-state index in [9.17, 15) is 13.2 Å². The molecule has 0 aliphatic heterocycles. The molecule has 0 heterocycles. The lowest BCUT2D eigenvalue weighted by Crippen LogP contribution is -2.21. The van der Waals surface area contributed by atoms with Crippen LogP contribution in [0.3, 0.4) is 0 Å². The standard InChI is InChI=1S/C11H12Cl2O4S/c1-17-4-5-18(15,16)7-11(14)8-2-3-9(12)10(13)6-8/h2-3,6H,4-5,7H2,1H3. The van der Waals surface area contributed by atoms with E-state index in [0.29, 0.717) is 5.02 Å². The number of hydrogen-bond acceptors (Lipinski definition) is 4. The van der Waals surface area contributed by atoms with Crippen LogP contribution in [0.4, 0.5) is 0 Å². The van der Waals surface area contributed by atoms with E-state index >= 15 is 0 Å². The van der Waals surface area contributed by atoms with Gasteiger partial charge < -0.3 is 4.74 Å². The van der Waals surface area contributed by atoms with Gasteiger partial charge in [0.15, 0.2) is 15.6 Å². The second-order valence-corrected chi connectivity index (χ2v) is 6.64. The number of hydrogen-bond donors (Lipinski definition) is 0. The summed E-state index contributed by atoms with van der Waals surface area (Å²) in [5.74, 6) is -1.25. The molecule has 0 amide bonds. The molecule has 1 aromatic carbocycles. The fourth-order valence-electron chi connectivity index (χ4n) is 1.24. The minimum Gasteiger partial charge on any atom is -0.384 e. The van der Waals surface area contributed by atoms with Crippen molar-refractivity contribution in [3.63, 3.8) is 0 Å². The Hall–Kier alpha value is -0.620. The minimum absolute atomic E-state index is 0.0665. The maximum atomic E-state index is 11.8. The van der Waals surface area contributed by atoms with Gasteiger partial charge in [-0.1, -0.05) is 23.2 Å². The number of ketones is 1. The topological polar surface area (TPSA) is 60.4 Å². The third kappa shape index (κ3) is 4.57. The number of ether oxygens (including phenoxy) is 1. The summed E-state index contributed by atoms with van der Waals surface area (Å²) in [6, 6.07) is 4.26. The summed E-state index contributed by atoms with van der Waals surface area (Å²) < 4.78 is 27.8. The summed E-state index contributed by atoms with van der Waals surface area (Å²) >= 11 is 11.5. The van der Waals surface area contributed by atoms with Gasteiger partial charge in [0.2, 0.25) is 0 Å². The molecule has 0 bridgehead atoms. The third-order valence-corrected chi connectivity index (χ3v) is 4.42. The van der Waals surface area contributed by atoms with Gasteiger partial charge in [-0.05, 0) is 18.2 Å². The van der Waals surface area contributed by atoms with E-state index in [1.807, 2.05) is 0 Å². The van der Waals surface area contributed by atoms with Gasteiger partial charge in [0.05, 0.1) is 22.4 Å². The highest BCUT2D eigenvalue weighted by molar-refractivity contribution is 7.92. The van der Waals surface area contributed by atoms with Gasteiger partial charge in [-0.2, -0.15) is 0 Å². The first kappa shape index (κ1) is 15.4. The minimum atomic E-state index is -3.46. The van der Waals surface area contributed by atoms with E-state index in [2.05, 4.69) is 4.74 Å². The van der Waals surface area contributed by atoms with Gasteiger partial charge in [0.1, 0.15) is 5.75 Å². The number of carbonyl (C=O) groups excluding carboxylic acids is 1. The fraction of sp³-hybridized carbons (Fsp3) is 0.364. The number of Topliss-reactive ketones (excluding diaryl/α,β-unsaturated/α-hetero) is 1. The monoisotopic (exact) mass is 310 g/mol. The summed E-state index contributed by atoms with van der Waals surface area (Å²) in [5, 5.41) is 0.535. The molecule has 18 heavy (non-hydrogen) atoms. The number of rotatable bonds is 6. The fourth-order valence-corrected chi connectivity index (χ4v) is 2.66. The maximum Gasteiger partial charge on any atom is 0.177 e. The Balaban J connectivity index is 2.79. The average molecular weight is 311 g/mol. The van der Waals surface area contributed by atoms with Crippen molar-refractivity contribution in [2.75, 3.05) is 25.2 Å². The molecule has 0 unspecified atom stereocenters. The Morgan fingerprint density at radius 1 is 1.28 bits per heavy atom. The lowest BCUT2D eigenvalue weighted by Gasteiger charge is -2.04. The molecule has 0 radical (unpaired) electrons. The number of benzene rings is 1. The highest BCUT2D eigenvalue weighted by Gasteiger charge is 2.18. The Morgan fingerprint density at radius 2 is 1.94 bits per heavy atom. The van der Waals surface area contributed by atoms with Gasteiger partial charge in [-0.15, -0.1) is 0 Å². The molecule has 7 heteroatoms. The number of sulfone groups is 1. The van der Waals surface area contributed by atoms with E-state index in [1.54, 1.807) is 0 Å². The van der Waals surface area contributed by atoms with Crippen molar-refractivity contribution >= 4 is 38.8 Å². The molecule has 100 valence electrons. The van der Waals surface area contributed by atoms with E-state index in [4.69, 9.17) is 23.2 Å². The number of halogens is 2. The van der Waals surface area contributed by atoms with Crippen molar-refractivity contribution in [1.29, 1.82) is 0 Å². The van der Waals surface area contributed by atoms with E-state index in [0.717, 1.165) is 0 Å². The van der Waals surface area contributed by atoms with Crippen LogP contribution in [0.5, 0.6) is 0 Å². The Bertz CT molecular complexity index is 540. The zero-order valence-electron chi connectivity index (χ0n) is 9.65. The molecule has 0 atom stereocenters. The summed E-state index contributed by atoms with van der Waals surface area (Å²) in [6.45, 7) is 0.0665. The normalized spacial score (nSPS) is 11.5. The molecule has 4 nitrogen and oxygen atoms in total. The van der Waals surface area contributed by atoms with Crippen LogP contribution in [0.2, 0.25) is 10.0 Å². The van der Waals surface area contributed by atoms with Crippen molar-refractivity contribution in [2.45, 2.75) is 0 Å². The summed E-state index contributed by atoms with van der Waals surface area (Å²) in [5.41, 5.74) is 0.227. The number of carbonyl (C=O) groups is 1. The molecule has 0 saturated heterocycles. The van der Waals surface area contributed by atoms with Crippen molar-refractivity contribution in [1.82, 2.24) is 0 Å². The van der Waals surface area contributed by atoms with Crippen LogP contribution in [0.15, 0.2) is 18.2 Å². The van der Waals surface area contributed by atoms with Crippen LogP contribution in [0, 0.1) is 0 Å². The van der Waals surface area contributed by atoms with Gasteiger partial charge in [-0.3, -0.25) is 4.79 Å². The van der Waals surface area contributed by atoms with Gasteiger partial charge in [-0.25, -0.2) is 8.42 Å². The predicted molar refractivity (Wildman–Crippen MR) is 71.3 cm³/mol. The van der Waals surface area contributed by atoms with Crippen molar-refractivity contribution < 1.29 is 17.9 Å². The molecule has 0 aromatic heterocycles. The van der Waals surface area contributed by atoms with Crippen molar-refractivity contribution in [3.8, 4) is 0 Å². The van der Waals surface area contributed by atoms with Crippen LogP contribution in [0.25, 0.3) is 0 Å². The first-order valence-electron chi connectivity index (χ1n) is 5.03. The first-order chi connectivity index (χ1) is 8.35. The van der Waals surface area contributed by atoms with Crippen LogP contribution in [0.1, 0.15) is 10.4 Å². The Labute approximate surface area is 116 Å². The quantitative estimate of drug-likeness (QED) is 0.756. The van der Waals surface area contributed by atoms with E-state index < -0.39 is 21.4 Å². The molecule has 0 aliphatic carbocycles.